The van der Waals surface area contributed by atoms with Crippen molar-refractivity contribution in [2.75, 3.05) is 19.4 Å². The summed E-state index contributed by atoms with van der Waals surface area (Å²) in [6.07, 6.45) is 2.45. The third-order valence-corrected chi connectivity index (χ3v) is 3.31. The Morgan fingerprint density at radius 1 is 1.42 bits per heavy atom. The van der Waals surface area contributed by atoms with Crippen LogP contribution in [0.3, 0.4) is 0 Å². The van der Waals surface area contributed by atoms with E-state index < -0.39 is 0 Å². The maximum absolute atomic E-state index is 12.1. The molecule has 0 spiro atoms. The van der Waals surface area contributed by atoms with Crippen LogP contribution < -0.4 is 5.32 Å². The SMILES string of the molecule is CSc1nc(C(C)C)nc(C)c1C(=O)NCCCO. The van der Waals surface area contributed by atoms with E-state index in [9.17, 15) is 4.79 Å². The van der Waals surface area contributed by atoms with Crippen molar-refractivity contribution in [2.45, 2.75) is 38.1 Å². The first-order valence-corrected chi connectivity index (χ1v) is 7.55. The third-order valence-electron chi connectivity index (χ3n) is 2.63. The molecule has 0 aliphatic carbocycles. The zero-order valence-electron chi connectivity index (χ0n) is 11.9. The number of carbonyl (C=O) groups excluding carboxylic acids is 1. The number of amides is 1. The first-order valence-electron chi connectivity index (χ1n) is 6.32. The summed E-state index contributed by atoms with van der Waals surface area (Å²) in [5, 5.41) is 12.2. The number of nitrogens with one attached hydrogen (secondary N) is 1. The van der Waals surface area contributed by atoms with E-state index in [2.05, 4.69) is 15.3 Å². The highest BCUT2D eigenvalue weighted by atomic mass is 32.2. The van der Waals surface area contributed by atoms with Crippen LogP contribution in [0.2, 0.25) is 0 Å². The van der Waals surface area contributed by atoms with Crippen LogP contribution in [0, 0.1) is 6.92 Å². The molecule has 0 saturated heterocycles. The van der Waals surface area contributed by atoms with E-state index in [1.807, 2.05) is 27.0 Å². The Hall–Kier alpha value is -1.14. The number of aryl methyl sites for hydroxylation is 1. The van der Waals surface area contributed by atoms with Crippen LogP contribution in [0.1, 0.15) is 48.1 Å². The van der Waals surface area contributed by atoms with Gasteiger partial charge in [0, 0.05) is 19.1 Å². The largest absolute Gasteiger partial charge is 0.396 e. The predicted octanol–water partition coefficient (Wildman–Crippen LogP) is 1.74. The van der Waals surface area contributed by atoms with E-state index >= 15 is 0 Å². The average molecular weight is 283 g/mol. The van der Waals surface area contributed by atoms with E-state index in [1.54, 1.807) is 0 Å². The van der Waals surface area contributed by atoms with Crippen LogP contribution in [0.4, 0.5) is 0 Å². The van der Waals surface area contributed by atoms with Crippen LogP contribution in [0.5, 0.6) is 0 Å². The number of hydrogen-bond donors (Lipinski definition) is 2. The predicted molar refractivity (Wildman–Crippen MR) is 76.7 cm³/mol. The van der Waals surface area contributed by atoms with Crippen molar-refractivity contribution in [3.63, 3.8) is 0 Å². The molecule has 0 radical (unpaired) electrons. The number of hydrogen-bond acceptors (Lipinski definition) is 5. The molecule has 5 nitrogen and oxygen atoms in total. The average Bonchev–Trinajstić information content (AvgIpc) is 2.37. The maximum atomic E-state index is 12.1. The first-order chi connectivity index (χ1) is 9.01. The van der Waals surface area contributed by atoms with Gasteiger partial charge in [-0.2, -0.15) is 0 Å². The molecule has 1 heterocycles. The molecule has 1 aromatic rings. The standard InChI is InChI=1S/C13H21N3O2S/c1-8(2)11-15-9(3)10(13(16-11)19-4)12(18)14-6-5-7-17/h8,17H,5-7H2,1-4H3,(H,14,18). The summed E-state index contributed by atoms with van der Waals surface area (Å²) in [6, 6.07) is 0. The van der Waals surface area contributed by atoms with Crippen LogP contribution >= 0.6 is 11.8 Å². The van der Waals surface area contributed by atoms with Gasteiger partial charge in [-0.1, -0.05) is 13.8 Å². The number of aliphatic hydroxyl groups excluding tert-OH is 1. The van der Waals surface area contributed by atoms with E-state index in [4.69, 9.17) is 5.11 Å². The Balaban J connectivity index is 3.02. The Bertz CT molecular complexity index is 450. The highest BCUT2D eigenvalue weighted by molar-refractivity contribution is 7.98. The molecule has 19 heavy (non-hydrogen) atoms. The minimum absolute atomic E-state index is 0.0669. The molecular weight excluding hydrogens is 262 g/mol. The Labute approximate surface area is 118 Å². The zero-order chi connectivity index (χ0) is 14.4. The van der Waals surface area contributed by atoms with Crippen molar-refractivity contribution >= 4 is 17.7 Å². The molecule has 0 aromatic carbocycles. The second-order valence-corrected chi connectivity index (χ2v) is 5.33. The molecule has 0 fully saturated rings. The number of aromatic nitrogens is 2. The molecule has 0 unspecified atom stereocenters. The van der Waals surface area contributed by atoms with Gasteiger partial charge in [-0.05, 0) is 19.6 Å². The maximum Gasteiger partial charge on any atom is 0.255 e. The zero-order valence-corrected chi connectivity index (χ0v) is 12.7. The Morgan fingerprint density at radius 3 is 2.63 bits per heavy atom. The summed E-state index contributed by atoms with van der Waals surface area (Å²) >= 11 is 1.45. The molecule has 1 amide bonds. The monoisotopic (exact) mass is 283 g/mol. The summed E-state index contributed by atoms with van der Waals surface area (Å²) in [7, 11) is 0. The van der Waals surface area contributed by atoms with Gasteiger partial charge in [0.2, 0.25) is 0 Å². The highest BCUT2D eigenvalue weighted by Crippen LogP contribution is 2.22. The van der Waals surface area contributed by atoms with Gasteiger partial charge in [0.15, 0.2) is 0 Å². The van der Waals surface area contributed by atoms with Crippen LogP contribution in [0.15, 0.2) is 5.03 Å². The van der Waals surface area contributed by atoms with Gasteiger partial charge < -0.3 is 10.4 Å². The van der Waals surface area contributed by atoms with E-state index in [0.29, 0.717) is 29.2 Å². The smallest absolute Gasteiger partial charge is 0.255 e. The molecule has 1 aromatic heterocycles. The molecule has 106 valence electrons. The molecular formula is C13H21N3O2S. The lowest BCUT2D eigenvalue weighted by Gasteiger charge is -2.13. The molecule has 0 atom stereocenters. The molecule has 0 saturated carbocycles. The molecule has 0 bridgehead atoms. The second-order valence-electron chi connectivity index (χ2n) is 4.54. The van der Waals surface area contributed by atoms with Crippen molar-refractivity contribution in [1.82, 2.24) is 15.3 Å². The quantitative estimate of drug-likeness (QED) is 0.472. The van der Waals surface area contributed by atoms with Crippen LogP contribution in [-0.4, -0.2) is 40.4 Å². The number of thioether (sulfide) groups is 1. The Morgan fingerprint density at radius 2 is 2.11 bits per heavy atom. The van der Waals surface area contributed by atoms with Gasteiger partial charge >= 0.3 is 0 Å². The van der Waals surface area contributed by atoms with Crippen molar-refractivity contribution in [3.05, 3.63) is 17.1 Å². The number of carbonyl (C=O) groups is 1. The molecule has 0 aliphatic rings. The number of rotatable bonds is 6. The van der Waals surface area contributed by atoms with Crippen molar-refractivity contribution in [3.8, 4) is 0 Å². The van der Waals surface area contributed by atoms with Crippen molar-refractivity contribution < 1.29 is 9.90 Å². The van der Waals surface area contributed by atoms with Crippen LogP contribution in [0.25, 0.3) is 0 Å². The van der Waals surface area contributed by atoms with E-state index in [1.165, 1.54) is 11.8 Å². The van der Waals surface area contributed by atoms with Crippen LogP contribution in [-0.2, 0) is 0 Å². The normalized spacial score (nSPS) is 10.8. The number of nitrogens with zero attached hydrogens (tertiary/aromatic N) is 2. The number of aliphatic hydroxyl groups is 1. The Kier molecular flexibility index (Phi) is 6.24. The summed E-state index contributed by atoms with van der Waals surface area (Å²) in [5.74, 6) is 0.815. The summed E-state index contributed by atoms with van der Waals surface area (Å²) in [5.41, 5.74) is 1.24. The first kappa shape index (κ1) is 15.9. The molecule has 2 N–H and O–H groups in total. The van der Waals surface area contributed by atoms with Crippen molar-refractivity contribution in [1.29, 1.82) is 0 Å². The van der Waals surface area contributed by atoms with E-state index in [0.717, 1.165) is 5.82 Å². The van der Waals surface area contributed by atoms with Gasteiger partial charge in [0.05, 0.1) is 11.3 Å². The van der Waals surface area contributed by atoms with Gasteiger partial charge in [0.25, 0.3) is 5.91 Å². The molecule has 1 rings (SSSR count). The van der Waals surface area contributed by atoms with Gasteiger partial charge in [0.1, 0.15) is 10.9 Å². The lowest BCUT2D eigenvalue weighted by Crippen LogP contribution is -2.27. The second kappa shape index (κ2) is 7.45. The fourth-order valence-corrected chi connectivity index (χ4v) is 2.23. The summed E-state index contributed by atoms with van der Waals surface area (Å²) in [6.45, 7) is 6.40. The topological polar surface area (TPSA) is 75.1 Å². The highest BCUT2D eigenvalue weighted by Gasteiger charge is 2.18. The fraction of sp³-hybridized carbons (Fsp3) is 0.615. The molecule has 6 heteroatoms. The lowest BCUT2D eigenvalue weighted by molar-refractivity contribution is 0.0946. The summed E-state index contributed by atoms with van der Waals surface area (Å²) in [4.78, 5) is 21.0. The fourth-order valence-electron chi connectivity index (χ4n) is 1.60. The van der Waals surface area contributed by atoms with Gasteiger partial charge in [-0.3, -0.25) is 4.79 Å². The third kappa shape index (κ3) is 4.18. The summed E-state index contributed by atoms with van der Waals surface area (Å²) < 4.78 is 0. The lowest BCUT2D eigenvalue weighted by atomic mass is 10.1. The van der Waals surface area contributed by atoms with E-state index in [-0.39, 0.29) is 18.4 Å². The van der Waals surface area contributed by atoms with Crippen molar-refractivity contribution in [2.24, 2.45) is 0 Å². The molecule has 0 aliphatic heterocycles. The van der Waals surface area contributed by atoms with Gasteiger partial charge in [-0.15, -0.1) is 11.8 Å². The minimum Gasteiger partial charge on any atom is -0.396 e. The van der Waals surface area contributed by atoms with Gasteiger partial charge in [-0.25, -0.2) is 9.97 Å². The minimum atomic E-state index is -0.175.